The lowest BCUT2D eigenvalue weighted by atomic mass is 10.1. The van der Waals surface area contributed by atoms with Crippen LogP contribution in [0.5, 0.6) is 11.5 Å². The highest BCUT2D eigenvalue weighted by atomic mass is 16.7. The fraction of sp³-hybridized carbons (Fsp3) is 0.200. The number of hydrogen-bond donors (Lipinski definition) is 0. The lowest BCUT2D eigenvalue weighted by Gasteiger charge is -2.16. The van der Waals surface area contributed by atoms with Crippen LogP contribution in [0.3, 0.4) is 0 Å². The minimum Gasteiger partial charge on any atom is -0.454 e. The molecule has 1 aromatic heterocycles. The summed E-state index contributed by atoms with van der Waals surface area (Å²) >= 11 is 0. The summed E-state index contributed by atoms with van der Waals surface area (Å²) in [5.41, 5.74) is 2.05. The Hall–Kier alpha value is -3.86. The summed E-state index contributed by atoms with van der Waals surface area (Å²) < 4.78 is 16.1. The van der Waals surface area contributed by atoms with E-state index in [9.17, 15) is 4.79 Å². The van der Waals surface area contributed by atoms with Crippen molar-refractivity contribution in [1.82, 2.24) is 10.1 Å². The Morgan fingerprint density at radius 1 is 1.11 bits per heavy atom. The molecule has 0 N–H and O–H groups in total. The standard InChI is InChI=1S/C20H14N4O4/c21-9-12-1-3-13(4-2-12)20-22-19(23-28-20)14-7-18(25)24(10-14)15-5-6-16-17(8-15)27-11-26-16/h1-6,8,14H,7,10-11H2. The van der Waals surface area contributed by atoms with Gasteiger partial charge >= 0.3 is 0 Å². The Morgan fingerprint density at radius 3 is 2.75 bits per heavy atom. The zero-order chi connectivity index (χ0) is 19.1. The second-order valence-corrected chi connectivity index (χ2v) is 6.59. The number of hydrogen-bond acceptors (Lipinski definition) is 7. The fourth-order valence-electron chi connectivity index (χ4n) is 3.39. The monoisotopic (exact) mass is 374 g/mol. The Labute approximate surface area is 159 Å². The van der Waals surface area contributed by atoms with Crippen LogP contribution in [-0.2, 0) is 4.79 Å². The summed E-state index contributed by atoms with van der Waals surface area (Å²) in [4.78, 5) is 18.7. The van der Waals surface area contributed by atoms with Crippen LogP contribution in [0.4, 0.5) is 5.69 Å². The van der Waals surface area contributed by atoms with Gasteiger partial charge in [-0.1, -0.05) is 5.16 Å². The molecule has 1 saturated heterocycles. The average molecular weight is 374 g/mol. The number of fused-ring (bicyclic) bond motifs is 1. The molecule has 1 amide bonds. The molecule has 2 aliphatic rings. The van der Waals surface area contributed by atoms with Crippen molar-refractivity contribution in [1.29, 1.82) is 5.26 Å². The Bertz CT molecular complexity index is 1100. The summed E-state index contributed by atoms with van der Waals surface area (Å²) in [5, 5.41) is 13.0. The largest absolute Gasteiger partial charge is 0.454 e. The molecule has 0 saturated carbocycles. The second kappa shape index (κ2) is 6.39. The first-order valence-corrected chi connectivity index (χ1v) is 8.75. The Balaban J connectivity index is 1.36. The molecule has 2 aromatic carbocycles. The number of rotatable bonds is 3. The molecule has 138 valence electrons. The first kappa shape index (κ1) is 16.3. The summed E-state index contributed by atoms with van der Waals surface area (Å²) in [7, 11) is 0. The molecule has 8 nitrogen and oxygen atoms in total. The minimum absolute atomic E-state index is 0.00594. The van der Waals surface area contributed by atoms with Gasteiger partial charge in [0.15, 0.2) is 17.3 Å². The van der Waals surface area contributed by atoms with Gasteiger partial charge in [0.25, 0.3) is 5.89 Å². The van der Waals surface area contributed by atoms with E-state index in [0.717, 1.165) is 11.3 Å². The summed E-state index contributed by atoms with van der Waals surface area (Å²) in [6.07, 6.45) is 0.306. The predicted octanol–water partition coefficient (Wildman–Crippen LogP) is 2.86. The van der Waals surface area contributed by atoms with Gasteiger partial charge in [0, 0.05) is 36.2 Å². The molecule has 0 bridgehead atoms. The topological polar surface area (TPSA) is 101 Å². The van der Waals surface area contributed by atoms with Crippen LogP contribution in [0.15, 0.2) is 47.0 Å². The molecule has 0 spiro atoms. The number of anilines is 1. The molecular formula is C20H14N4O4. The SMILES string of the molecule is N#Cc1ccc(-c2nc(C3CC(=O)N(c4ccc5c(c4)OCO5)C3)no2)cc1. The molecule has 1 atom stereocenters. The fourth-order valence-corrected chi connectivity index (χ4v) is 3.39. The van der Waals surface area contributed by atoms with Gasteiger partial charge in [0.2, 0.25) is 12.7 Å². The van der Waals surface area contributed by atoms with Crippen LogP contribution in [0.1, 0.15) is 23.7 Å². The van der Waals surface area contributed by atoms with Crippen LogP contribution >= 0.6 is 0 Å². The number of carbonyl (C=O) groups is 1. The Morgan fingerprint density at radius 2 is 1.93 bits per heavy atom. The van der Waals surface area contributed by atoms with Crippen molar-refractivity contribution >= 4 is 11.6 Å². The maximum Gasteiger partial charge on any atom is 0.257 e. The van der Waals surface area contributed by atoms with Crippen molar-refractivity contribution in [2.45, 2.75) is 12.3 Å². The Kier molecular flexibility index (Phi) is 3.72. The maximum absolute atomic E-state index is 12.5. The molecule has 1 unspecified atom stereocenters. The van der Waals surface area contributed by atoms with Crippen LogP contribution in [0, 0.1) is 11.3 Å². The first-order chi connectivity index (χ1) is 13.7. The number of nitriles is 1. The van der Waals surface area contributed by atoms with Crippen LogP contribution in [0.2, 0.25) is 0 Å². The highest BCUT2D eigenvalue weighted by Crippen LogP contribution is 2.38. The smallest absolute Gasteiger partial charge is 0.257 e. The number of ether oxygens (including phenoxy) is 2. The van der Waals surface area contributed by atoms with Crippen molar-refractivity contribution in [3.63, 3.8) is 0 Å². The van der Waals surface area contributed by atoms with E-state index in [0.29, 0.717) is 41.7 Å². The van der Waals surface area contributed by atoms with E-state index in [2.05, 4.69) is 16.2 Å². The summed E-state index contributed by atoms with van der Waals surface area (Å²) in [5.74, 6) is 2.01. The summed E-state index contributed by atoms with van der Waals surface area (Å²) in [6.45, 7) is 0.654. The van der Waals surface area contributed by atoms with Crippen molar-refractivity contribution in [2.75, 3.05) is 18.2 Å². The number of amides is 1. The van der Waals surface area contributed by atoms with Gasteiger partial charge in [0.1, 0.15) is 0 Å². The number of nitrogens with zero attached hydrogens (tertiary/aromatic N) is 4. The third-order valence-electron chi connectivity index (χ3n) is 4.86. The number of carbonyl (C=O) groups excluding carboxylic acids is 1. The quantitative estimate of drug-likeness (QED) is 0.695. The van der Waals surface area contributed by atoms with Crippen molar-refractivity contribution in [3.05, 3.63) is 53.9 Å². The number of benzene rings is 2. The molecule has 0 aliphatic carbocycles. The van der Waals surface area contributed by atoms with Gasteiger partial charge in [-0.3, -0.25) is 4.79 Å². The van der Waals surface area contributed by atoms with Crippen LogP contribution in [-0.4, -0.2) is 29.4 Å². The molecule has 8 heteroatoms. The van der Waals surface area contributed by atoms with Crippen molar-refractivity contribution < 1.29 is 18.8 Å². The maximum atomic E-state index is 12.5. The molecule has 5 rings (SSSR count). The summed E-state index contributed by atoms with van der Waals surface area (Å²) in [6, 6.07) is 14.4. The van der Waals surface area contributed by atoms with Crippen LogP contribution in [0.25, 0.3) is 11.5 Å². The van der Waals surface area contributed by atoms with Gasteiger partial charge < -0.3 is 18.9 Å². The van der Waals surface area contributed by atoms with E-state index >= 15 is 0 Å². The zero-order valence-corrected chi connectivity index (χ0v) is 14.7. The molecule has 3 heterocycles. The first-order valence-electron chi connectivity index (χ1n) is 8.75. The zero-order valence-electron chi connectivity index (χ0n) is 14.7. The lowest BCUT2D eigenvalue weighted by Crippen LogP contribution is -2.24. The van der Waals surface area contributed by atoms with Crippen molar-refractivity contribution in [2.24, 2.45) is 0 Å². The minimum atomic E-state index is -0.159. The van der Waals surface area contributed by atoms with E-state index in [4.69, 9.17) is 19.3 Å². The third kappa shape index (κ3) is 2.74. The normalized spacial score (nSPS) is 17.8. The predicted molar refractivity (Wildman–Crippen MR) is 96.7 cm³/mol. The van der Waals surface area contributed by atoms with Gasteiger partial charge in [-0.2, -0.15) is 10.2 Å². The molecular weight excluding hydrogens is 360 g/mol. The average Bonchev–Trinajstić information content (AvgIpc) is 3.46. The van der Waals surface area contributed by atoms with E-state index in [1.165, 1.54) is 0 Å². The van der Waals surface area contributed by atoms with Gasteiger partial charge in [0.05, 0.1) is 11.6 Å². The van der Waals surface area contributed by atoms with E-state index < -0.39 is 0 Å². The highest BCUT2D eigenvalue weighted by molar-refractivity contribution is 5.96. The molecule has 3 aromatic rings. The van der Waals surface area contributed by atoms with Gasteiger partial charge in [-0.05, 0) is 36.4 Å². The van der Waals surface area contributed by atoms with Gasteiger partial charge in [-0.25, -0.2) is 0 Å². The van der Waals surface area contributed by atoms with Crippen molar-refractivity contribution in [3.8, 4) is 29.0 Å². The molecule has 1 fully saturated rings. The lowest BCUT2D eigenvalue weighted by molar-refractivity contribution is -0.117. The van der Waals surface area contributed by atoms with E-state index in [1.807, 2.05) is 6.07 Å². The third-order valence-corrected chi connectivity index (χ3v) is 4.86. The molecule has 0 radical (unpaired) electrons. The highest BCUT2D eigenvalue weighted by Gasteiger charge is 2.35. The second-order valence-electron chi connectivity index (χ2n) is 6.59. The van der Waals surface area contributed by atoms with Crippen LogP contribution < -0.4 is 14.4 Å². The molecule has 28 heavy (non-hydrogen) atoms. The van der Waals surface area contributed by atoms with E-state index in [1.54, 1.807) is 41.3 Å². The van der Waals surface area contributed by atoms with Gasteiger partial charge in [-0.15, -0.1) is 0 Å². The molecule has 2 aliphatic heterocycles. The number of aromatic nitrogens is 2. The van der Waals surface area contributed by atoms with E-state index in [-0.39, 0.29) is 18.6 Å².